The number of fused-ring (bicyclic) bond motifs is 1. The molecule has 0 aliphatic rings. The number of rotatable bonds is 2. The van der Waals surface area contributed by atoms with Crippen molar-refractivity contribution in [3.05, 3.63) is 82.4 Å². The molecule has 0 fully saturated rings. The van der Waals surface area contributed by atoms with Crippen LogP contribution in [0.5, 0.6) is 0 Å². The summed E-state index contributed by atoms with van der Waals surface area (Å²) in [5, 5.41) is 2.67. The van der Waals surface area contributed by atoms with Crippen LogP contribution < -0.4 is 0 Å². The van der Waals surface area contributed by atoms with Gasteiger partial charge in [-0.3, -0.25) is 0 Å². The average molecular weight is 339 g/mol. The summed E-state index contributed by atoms with van der Waals surface area (Å²) in [4.78, 5) is 0.224. The molecule has 106 valence electrons. The van der Waals surface area contributed by atoms with Crippen molar-refractivity contribution >= 4 is 26.7 Å². The fraction of sp³-hybridized carbons (Fsp3) is 0.200. The molecule has 3 aromatic carbocycles. The highest BCUT2D eigenvalue weighted by molar-refractivity contribution is 9.09. The van der Waals surface area contributed by atoms with Gasteiger partial charge in [-0.05, 0) is 48.2 Å². The Bertz CT molecular complexity index is 782. The first-order valence-corrected chi connectivity index (χ1v) is 8.18. The van der Waals surface area contributed by atoms with E-state index in [0.29, 0.717) is 0 Å². The predicted molar refractivity (Wildman–Crippen MR) is 95.4 cm³/mol. The van der Waals surface area contributed by atoms with Crippen molar-refractivity contribution in [2.45, 2.75) is 25.6 Å². The molecule has 0 heterocycles. The Morgan fingerprint density at radius 1 is 0.762 bits per heavy atom. The monoisotopic (exact) mass is 338 g/mol. The van der Waals surface area contributed by atoms with Crippen LogP contribution in [-0.4, -0.2) is 0 Å². The molecule has 0 radical (unpaired) electrons. The lowest BCUT2D eigenvalue weighted by molar-refractivity contribution is 1.17. The van der Waals surface area contributed by atoms with Crippen LogP contribution in [0.2, 0.25) is 0 Å². The van der Waals surface area contributed by atoms with E-state index in [1.54, 1.807) is 0 Å². The van der Waals surface area contributed by atoms with Crippen LogP contribution in [0.4, 0.5) is 0 Å². The van der Waals surface area contributed by atoms with Crippen molar-refractivity contribution in [2.24, 2.45) is 0 Å². The lowest BCUT2D eigenvalue weighted by Crippen LogP contribution is -1.96. The molecule has 0 aliphatic heterocycles. The third kappa shape index (κ3) is 2.75. The van der Waals surface area contributed by atoms with Crippen molar-refractivity contribution in [2.75, 3.05) is 0 Å². The van der Waals surface area contributed by atoms with E-state index >= 15 is 0 Å². The Morgan fingerprint density at radius 2 is 1.38 bits per heavy atom. The fourth-order valence-corrected chi connectivity index (χ4v) is 3.69. The van der Waals surface area contributed by atoms with E-state index in [1.807, 2.05) is 0 Å². The van der Waals surface area contributed by atoms with Crippen LogP contribution in [-0.2, 0) is 0 Å². The quantitative estimate of drug-likeness (QED) is 0.484. The first kappa shape index (κ1) is 14.3. The average Bonchev–Trinajstić information content (AvgIpc) is 2.46. The molecule has 0 N–H and O–H groups in total. The van der Waals surface area contributed by atoms with Crippen molar-refractivity contribution in [3.8, 4) is 0 Å². The van der Waals surface area contributed by atoms with Crippen molar-refractivity contribution in [3.63, 3.8) is 0 Å². The van der Waals surface area contributed by atoms with E-state index in [0.717, 1.165) is 0 Å². The summed E-state index contributed by atoms with van der Waals surface area (Å²) in [6.07, 6.45) is 0. The summed E-state index contributed by atoms with van der Waals surface area (Å²) in [5.74, 6) is 0. The number of aryl methyl sites for hydroxylation is 3. The van der Waals surface area contributed by atoms with Gasteiger partial charge in [0.25, 0.3) is 0 Å². The maximum Gasteiger partial charge on any atom is 0.0650 e. The molecule has 0 aliphatic carbocycles. The van der Waals surface area contributed by atoms with Crippen LogP contribution in [0, 0.1) is 20.8 Å². The Hall–Kier alpha value is -1.60. The van der Waals surface area contributed by atoms with E-state index in [9.17, 15) is 0 Å². The Labute approximate surface area is 134 Å². The first-order valence-electron chi connectivity index (χ1n) is 7.27. The number of halogens is 1. The number of alkyl halides is 1. The molecular weight excluding hydrogens is 320 g/mol. The third-order valence-corrected chi connectivity index (χ3v) is 5.01. The molecular formula is C20H19Br. The van der Waals surface area contributed by atoms with Gasteiger partial charge in [0.1, 0.15) is 0 Å². The summed E-state index contributed by atoms with van der Waals surface area (Å²) >= 11 is 3.91. The summed E-state index contributed by atoms with van der Waals surface area (Å²) in [7, 11) is 0. The molecule has 0 saturated heterocycles. The molecule has 0 spiro atoms. The van der Waals surface area contributed by atoms with Crippen molar-refractivity contribution in [1.29, 1.82) is 0 Å². The lowest BCUT2D eigenvalue weighted by Gasteiger charge is -2.16. The minimum absolute atomic E-state index is 0.224. The maximum absolute atomic E-state index is 3.91. The van der Waals surface area contributed by atoms with Gasteiger partial charge in [0.05, 0.1) is 4.83 Å². The van der Waals surface area contributed by atoms with Gasteiger partial charge in [0, 0.05) is 0 Å². The van der Waals surface area contributed by atoms with Crippen LogP contribution in [0.3, 0.4) is 0 Å². The molecule has 21 heavy (non-hydrogen) atoms. The largest absolute Gasteiger partial charge is 0.0786 e. The van der Waals surface area contributed by atoms with Gasteiger partial charge in [0.2, 0.25) is 0 Å². The van der Waals surface area contributed by atoms with E-state index in [-0.39, 0.29) is 4.83 Å². The first-order chi connectivity index (χ1) is 10.1. The molecule has 0 bridgehead atoms. The van der Waals surface area contributed by atoms with Gasteiger partial charge in [-0.2, -0.15) is 0 Å². The molecule has 3 aromatic rings. The standard InChI is InChI=1S/C20H19Br/c1-13-10-14(2)12-16(11-13)20(21)19-9-8-15(3)17-6-4-5-7-18(17)19/h4-12,20H,1-3H3. The van der Waals surface area contributed by atoms with Crippen LogP contribution in [0.25, 0.3) is 10.8 Å². The molecule has 1 unspecified atom stereocenters. The minimum Gasteiger partial charge on any atom is -0.0786 e. The minimum atomic E-state index is 0.224. The summed E-state index contributed by atoms with van der Waals surface area (Å²) in [6.45, 7) is 6.49. The van der Waals surface area contributed by atoms with E-state index in [1.165, 1.54) is 38.6 Å². The van der Waals surface area contributed by atoms with E-state index in [2.05, 4.69) is 91.3 Å². The summed E-state index contributed by atoms with van der Waals surface area (Å²) in [5.41, 5.74) is 6.61. The Kier molecular flexibility index (Phi) is 3.86. The highest BCUT2D eigenvalue weighted by Gasteiger charge is 2.14. The normalized spacial score (nSPS) is 12.6. The number of hydrogen-bond acceptors (Lipinski definition) is 0. The zero-order chi connectivity index (χ0) is 15.0. The predicted octanol–water partition coefficient (Wildman–Crippen LogP) is 6.25. The Morgan fingerprint density at radius 3 is 2.05 bits per heavy atom. The van der Waals surface area contributed by atoms with Crippen LogP contribution >= 0.6 is 15.9 Å². The highest BCUT2D eigenvalue weighted by atomic mass is 79.9. The molecule has 0 nitrogen and oxygen atoms in total. The second kappa shape index (κ2) is 5.65. The zero-order valence-corrected chi connectivity index (χ0v) is 14.2. The van der Waals surface area contributed by atoms with Gasteiger partial charge in [-0.1, -0.05) is 81.7 Å². The van der Waals surface area contributed by atoms with Gasteiger partial charge < -0.3 is 0 Å². The van der Waals surface area contributed by atoms with Crippen LogP contribution in [0.1, 0.15) is 32.6 Å². The van der Waals surface area contributed by atoms with Gasteiger partial charge in [0.15, 0.2) is 0 Å². The molecule has 0 amide bonds. The Balaban J connectivity index is 2.18. The van der Waals surface area contributed by atoms with E-state index < -0.39 is 0 Å². The molecule has 1 heteroatoms. The highest BCUT2D eigenvalue weighted by Crippen LogP contribution is 2.36. The maximum atomic E-state index is 3.91. The van der Waals surface area contributed by atoms with Gasteiger partial charge in [-0.15, -0.1) is 0 Å². The van der Waals surface area contributed by atoms with Gasteiger partial charge in [-0.25, -0.2) is 0 Å². The van der Waals surface area contributed by atoms with Crippen molar-refractivity contribution < 1.29 is 0 Å². The second-order valence-electron chi connectivity index (χ2n) is 5.80. The topological polar surface area (TPSA) is 0 Å². The number of benzene rings is 3. The van der Waals surface area contributed by atoms with E-state index in [4.69, 9.17) is 0 Å². The second-order valence-corrected chi connectivity index (χ2v) is 6.72. The lowest BCUT2D eigenvalue weighted by atomic mass is 9.94. The smallest absolute Gasteiger partial charge is 0.0650 e. The van der Waals surface area contributed by atoms with Crippen molar-refractivity contribution in [1.82, 2.24) is 0 Å². The molecule has 1 atom stereocenters. The van der Waals surface area contributed by atoms with Gasteiger partial charge >= 0.3 is 0 Å². The summed E-state index contributed by atoms with van der Waals surface area (Å²) < 4.78 is 0. The van der Waals surface area contributed by atoms with Crippen LogP contribution in [0.15, 0.2) is 54.6 Å². The summed E-state index contributed by atoms with van der Waals surface area (Å²) in [6, 6.07) is 19.9. The fourth-order valence-electron chi connectivity index (χ4n) is 3.03. The SMILES string of the molecule is Cc1cc(C)cc(C(Br)c2ccc(C)c3ccccc23)c1. The molecule has 0 saturated carbocycles. The molecule has 3 rings (SSSR count). The third-order valence-electron chi connectivity index (χ3n) is 3.99. The zero-order valence-electron chi connectivity index (χ0n) is 12.7. The number of hydrogen-bond donors (Lipinski definition) is 0. The molecule has 0 aromatic heterocycles.